The second kappa shape index (κ2) is 4.28. The highest BCUT2D eigenvalue weighted by Crippen LogP contribution is 2.44. The highest BCUT2D eigenvalue weighted by Gasteiger charge is 2.20. The number of benzene rings is 1. The molecule has 0 amide bonds. The third-order valence-electron chi connectivity index (χ3n) is 2.20. The summed E-state index contributed by atoms with van der Waals surface area (Å²) in [5.41, 5.74) is 0.786. The number of hydrogen-bond donors (Lipinski definition) is 2. The Labute approximate surface area is 96.3 Å². The van der Waals surface area contributed by atoms with E-state index in [4.69, 9.17) is 9.47 Å². The van der Waals surface area contributed by atoms with Crippen LogP contribution in [0.2, 0.25) is 0 Å². The molecule has 1 aliphatic rings. The predicted octanol–water partition coefficient (Wildman–Crippen LogP) is 1.65. The summed E-state index contributed by atoms with van der Waals surface area (Å²) in [6.45, 7) is 1.64. The molecule has 1 aromatic rings. The number of hydrogen-bond acceptors (Lipinski definition) is 4. The van der Waals surface area contributed by atoms with Gasteiger partial charge in [-0.15, -0.1) is 0 Å². The van der Waals surface area contributed by atoms with E-state index in [1.165, 1.54) is 0 Å². The summed E-state index contributed by atoms with van der Waals surface area (Å²) >= 11 is 3.30. The lowest BCUT2D eigenvalue weighted by atomic mass is 10.1. The standard InChI is InChI=1S/C10H12BrNO3/c1-12-5-6-4-7-10(8(11)9(6)13)15-3-2-14-7/h4,12-13H,2-3,5H2,1H3. The molecule has 2 N–H and O–H groups in total. The molecule has 1 heterocycles. The molecule has 0 spiro atoms. The molecule has 82 valence electrons. The summed E-state index contributed by atoms with van der Waals surface area (Å²) in [5, 5.41) is 12.8. The van der Waals surface area contributed by atoms with Crippen LogP contribution in [0.15, 0.2) is 10.5 Å². The first-order valence-electron chi connectivity index (χ1n) is 4.68. The van der Waals surface area contributed by atoms with Gasteiger partial charge in [-0.2, -0.15) is 0 Å². The SMILES string of the molecule is CNCc1cc2c(c(Br)c1O)OCCO2. The van der Waals surface area contributed by atoms with Crippen LogP contribution in [0.1, 0.15) is 5.56 Å². The normalized spacial score (nSPS) is 14.0. The van der Waals surface area contributed by atoms with Gasteiger partial charge in [0.2, 0.25) is 0 Å². The number of phenolic OH excluding ortho intramolecular Hbond substituents is 1. The molecular weight excluding hydrogens is 262 g/mol. The van der Waals surface area contributed by atoms with Crippen molar-refractivity contribution in [1.82, 2.24) is 5.32 Å². The largest absolute Gasteiger partial charge is 0.506 e. The van der Waals surface area contributed by atoms with E-state index in [9.17, 15) is 5.11 Å². The van der Waals surface area contributed by atoms with Gasteiger partial charge in [0.15, 0.2) is 11.5 Å². The van der Waals surface area contributed by atoms with Crippen LogP contribution in [0.25, 0.3) is 0 Å². The Morgan fingerprint density at radius 2 is 2.20 bits per heavy atom. The van der Waals surface area contributed by atoms with E-state index in [2.05, 4.69) is 21.2 Å². The van der Waals surface area contributed by atoms with E-state index in [1.54, 1.807) is 6.07 Å². The zero-order valence-corrected chi connectivity index (χ0v) is 9.93. The Hall–Kier alpha value is -0.940. The van der Waals surface area contributed by atoms with Gasteiger partial charge in [-0.05, 0) is 29.0 Å². The Bertz CT molecular complexity index is 381. The van der Waals surface area contributed by atoms with Gasteiger partial charge in [0.05, 0.1) is 0 Å². The molecule has 0 radical (unpaired) electrons. The fourth-order valence-electron chi connectivity index (χ4n) is 1.51. The van der Waals surface area contributed by atoms with Crippen molar-refractivity contribution in [2.45, 2.75) is 6.54 Å². The van der Waals surface area contributed by atoms with Crippen LogP contribution in [0.4, 0.5) is 0 Å². The fourth-order valence-corrected chi connectivity index (χ4v) is 2.08. The Kier molecular flexibility index (Phi) is 3.02. The molecular formula is C10H12BrNO3. The van der Waals surface area contributed by atoms with Gasteiger partial charge >= 0.3 is 0 Å². The van der Waals surface area contributed by atoms with Gasteiger partial charge < -0.3 is 19.9 Å². The van der Waals surface area contributed by atoms with Crippen LogP contribution in [-0.4, -0.2) is 25.4 Å². The molecule has 4 nitrogen and oxygen atoms in total. The average Bonchev–Trinajstić information content (AvgIpc) is 2.26. The van der Waals surface area contributed by atoms with Gasteiger partial charge in [0.25, 0.3) is 0 Å². The van der Waals surface area contributed by atoms with E-state index in [-0.39, 0.29) is 5.75 Å². The third kappa shape index (κ3) is 1.89. The molecule has 0 aliphatic carbocycles. The van der Waals surface area contributed by atoms with Crippen LogP contribution < -0.4 is 14.8 Å². The van der Waals surface area contributed by atoms with Crippen molar-refractivity contribution in [3.05, 3.63) is 16.1 Å². The minimum Gasteiger partial charge on any atom is -0.506 e. The second-order valence-corrected chi connectivity index (χ2v) is 4.05. The van der Waals surface area contributed by atoms with E-state index >= 15 is 0 Å². The molecule has 0 fully saturated rings. The molecule has 0 saturated carbocycles. The van der Waals surface area contributed by atoms with Crippen LogP contribution in [-0.2, 0) is 6.54 Å². The van der Waals surface area contributed by atoms with Gasteiger partial charge in [-0.1, -0.05) is 0 Å². The molecule has 0 unspecified atom stereocenters. The predicted molar refractivity (Wildman–Crippen MR) is 59.6 cm³/mol. The maximum absolute atomic E-state index is 9.86. The lowest BCUT2D eigenvalue weighted by Gasteiger charge is -2.21. The minimum absolute atomic E-state index is 0.202. The lowest BCUT2D eigenvalue weighted by Crippen LogP contribution is -2.16. The zero-order valence-electron chi connectivity index (χ0n) is 8.34. The van der Waals surface area contributed by atoms with Crippen molar-refractivity contribution in [3.8, 4) is 17.2 Å². The number of fused-ring (bicyclic) bond motifs is 1. The lowest BCUT2D eigenvalue weighted by molar-refractivity contribution is 0.169. The quantitative estimate of drug-likeness (QED) is 0.861. The summed E-state index contributed by atoms with van der Waals surface area (Å²) in [5.74, 6) is 1.46. The maximum atomic E-state index is 9.86. The first-order chi connectivity index (χ1) is 7.24. The Morgan fingerprint density at radius 1 is 1.47 bits per heavy atom. The van der Waals surface area contributed by atoms with Crippen molar-refractivity contribution in [2.24, 2.45) is 0 Å². The van der Waals surface area contributed by atoms with Gasteiger partial charge in [0, 0.05) is 12.1 Å². The molecule has 0 bridgehead atoms. The van der Waals surface area contributed by atoms with Crippen molar-refractivity contribution in [3.63, 3.8) is 0 Å². The smallest absolute Gasteiger partial charge is 0.179 e. The topological polar surface area (TPSA) is 50.7 Å². The highest BCUT2D eigenvalue weighted by atomic mass is 79.9. The number of aromatic hydroxyl groups is 1. The van der Waals surface area contributed by atoms with E-state index < -0.39 is 0 Å². The van der Waals surface area contributed by atoms with Crippen molar-refractivity contribution in [1.29, 1.82) is 0 Å². The van der Waals surface area contributed by atoms with Crippen LogP contribution in [0, 0.1) is 0 Å². The summed E-state index contributed by atoms with van der Waals surface area (Å²) in [6.07, 6.45) is 0. The number of halogens is 1. The molecule has 0 atom stereocenters. The number of ether oxygens (including phenoxy) is 2. The summed E-state index contributed by atoms with van der Waals surface area (Å²) in [4.78, 5) is 0. The zero-order chi connectivity index (χ0) is 10.8. The van der Waals surface area contributed by atoms with Crippen molar-refractivity contribution >= 4 is 15.9 Å². The number of rotatable bonds is 2. The highest BCUT2D eigenvalue weighted by molar-refractivity contribution is 9.10. The summed E-state index contributed by atoms with van der Waals surface area (Å²) < 4.78 is 11.4. The van der Waals surface area contributed by atoms with Crippen LogP contribution in [0.5, 0.6) is 17.2 Å². The molecule has 2 rings (SSSR count). The Morgan fingerprint density at radius 3 is 2.93 bits per heavy atom. The minimum atomic E-state index is 0.202. The Balaban J connectivity index is 2.47. The fraction of sp³-hybridized carbons (Fsp3) is 0.400. The molecule has 0 saturated heterocycles. The molecule has 1 aromatic carbocycles. The van der Waals surface area contributed by atoms with E-state index in [1.807, 2.05) is 7.05 Å². The van der Waals surface area contributed by atoms with Gasteiger partial charge in [-0.25, -0.2) is 0 Å². The van der Waals surface area contributed by atoms with Gasteiger partial charge in [-0.3, -0.25) is 0 Å². The van der Waals surface area contributed by atoms with Crippen molar-refractivity contribution in [2.75, 3.05) is 20.3 Å². The second-order valence-electron chi connectivity index (χ2n) is 3.25. The molecule has 0 aromatic heterocycles. The number of phenols is 1. The molecule has 1 aliphatic heterocycles. The van der Waals surface area contributed by atoms with Crippen molar-refractivity contribution < 1.29 is 14.6 Å². The monoisotopic (exact) mass is 273 g/mol. The molecule has 5 heteroatoms. The van der Waals surface area contributed by atoms with Gasteiger partial charge in [0.1, 0.15) is 23.4 Å². The van der Waals surface area contributed by atoms with Crippen LogP contribution in [0.3, 0.4) is 0 Å². The van der Waals surface area contributed by atoms with Crippen LogP contribution >= 0.6 is 15.9 Å². The van der Waals surface area contributed by atoms with E-state index in [0.29, 0.717) is 35.7 Å². The first-order valence-corrected chi connectivity index (χ1v) is 5.48. The summed E-state index contributed by atoms with van der Waals surface area (Å²) in [7, 11) is 1.82. The third-order valence-corrected chi connectivity index (χ3v) is 2.93. The summed E-state index contributed by atoms with van der Waals surface area (Å²) in [6, 6.07) is 1.80. The average molecular weight is 274 g/mol. The first kappa shape index (κ1) is 10.6. The maximum Gasteiger partial charge on any atom is 0.179 e. The number of nitrogens with one attached hydrogen (secondary N) is 1. The molecule has 15 heavy (non-hydrogen) atoms. The van der Waals surface area contributed by atoms with E-state index in [0.717, 1.165) is 5.56 Å².